The maximum atomic E-state index is 13.1. The van der Waals surface area contributed by atoms with Crippen molar-refractivity contribution < 1.29 is 33.6 Å². The number of piperidine rings is 1. The average Bonchev–Trinajstić information content (AvgIpc) is 3.59. The molecule has 4 atom stereocenters. The van der Waals surface area contributed by atoms with Crippen LogP contribution in [0.5, 0.6) is 5.88 Å². The van der Waals surface area contributed by atoms with E-state index in [1.807, 2.05) is 42.5 Å². The molecule has 0 spiro atoms. The van der Waals surface area contributed by atoms with Gasteiger partial charge in [0, 0.05) is 11.6 Å². The number of rotatable bonds is 10. The van der Waals surface area contributed by atoms with Gasteiger partial charge in [0.25, 0.3) is 0 Å². The highest BCUT2D eigenvalue weighted by Gasteiger charge is 2.62. The van der Waals surface area contributed by atoms with E-state index in [0.29, 0.717) is 21.7 Å². The van der Waals surface area contributed by atoms with Crippen molar-refractivity contribution in [3.8, 4) is 5.88 Å². The lowest BCUT2D eigenvalue weighted by atomic mass is 9.85. The minimum absolute atomic E-state index is 0.0394. The Bertz CT molecular complexity index is 1930. The average molecular weight is 671 g/mol. The highest BCUT2D eigenvalue weighted by atomic mass is 35.5. The van der Waals surface area contributed by atoms with E-state index in [1.165, 1.54) is 11.2 Å². The molecule has 0 aliphatic carbocycles. The number of halogens is 1. The normalized spacial score (nSPS) is 21.7. The monoisotopic (exact) mass is 670 g/mol. The number of carbonyl (C=O) groups is 2. The van der Waals surface area contributed by atoms with Crippen LogP contribution >= 0.6 is 11.6 Å². The largest absolute Gasteiger partial charge is 0.471 e. The van der Waals surface area contributed by atoms with Gasteiger partial charge < -0.3 is 34.7 Å². The molecule has 7 rings (SSSR count). The SMILES string of the molecule is Nc1nc(OCc2ccccc2)c2ncn([C@@H]3O[C@@]4(COC(=O)c5ccccc5)CN(C(=O)O)C[C@@H]3[C@@H]4OCc3ccc(Cl)cc3)c2n1. The van der Waals surface area contributed by atoms with Crippen LogP contribution in [0.15, 0.2) is 91.3 Å². The molecule has 0 radical (unpaired) electrons. The van der Waals surface area contributed by atoms with Crippen LogP contribution in [-0.2, 0) is 27.4 Å². The predicted octanol–water partition coefficient (Wildman–Crippen LogP) is 4.96. The number of hydrogen-bond donors (Lipinski definition) is 2. The summed E-state index contributed by atoms with van der Waals surface area (Å²) in [4.78, 5) is 40.1. The number of hydrogen-bond acceptors (Lipinski definition) is 10. The first kappa shape index (κ1) is 31.4. The fourth-order valence-electron chi connectivity index (χ4n) is 6.27. The number of imidazole rings is 1. The maximum absolute atomic E-state index is 13.1. The predicted molar refractivity (Wildman–Crippen MR) is 173 cm³/mol. The molecule has 2 saturated heterocycles. The van der Waals surface area contributed by atoms with Gasteiger partial charge in [-0.3, -0.25) is 4.57 Å². The molecule has 0 unspecified atom stereocenters. The number of nitrogens with two attached hydrogens (primary N) is 1. The highest BCUT2D eigenvalue weighted by molar-refractivity contribution is 6.30. The number of carbonyl (C=O) groups excluding carboxylic acids is 1. The van der Waals surface area contributed by atoms with Gasteiger partial charge in [-0.1, -0.05) is 72.3 Å². The van der Waals surface area contributed by atoms with Crippen LogP contribution in [0.4, 0.5) is 10.7 Å². The van der Waals surface area contributed by atoms with E-state index in [1.54, 1.807) is 47.0 Å². The molecule has 4 heterocycles. The zero-order chi connectivity index (χ0) is 33.3. The van der Waals surface area contributed by atoms with Gasteiger partial charge in [0.2, 0.25) is 11.8 Å². The van der Waals surface area contributed by atoms with Crippen molar-refractivity contribution in [3.05, 3.63) is 113 Å². The van der Waals surface area contributed by atoms with E-state index in [9.17, 15) is 14.7 Å². The maximum Gasteiger partial charge on any atom is 0.407 e. The van der Waals surface area contributed by atoms with E-state index < -0.39 is 35.9 Å². The van der Waals surface area contributed by atoms with E-state index in [2.05, 4.69) is 15.0 Å². The summed E-state index contributed by atoms with van der Waals surface area (Å²) >= 11 is 6.10. The van der Waals surface area contributed by atoms with Crippen molar-refractivity contribution in [2.45, 2.75) is 31.1 Å². The first-order valence-corrected chi connectivity index (χ1v) is 15.6. The second-order valence-electron chi connectivity index (χ2n) is 11.7. The summed E-state index contributed by atoms with van der Waals surface area (Å²) in [5.74, 6) is -0.996. The van der Waals surface area contributed by atoms with Crippen LogP contribution < -0.4 is 10.5 Å². The molecule has 2 aromatic heterocycles. The topological polar surface area (TPSA) is 164 Å². The molecule has 2 aliphatic heterocycles. The molecule has 2 bridgehead atoms. The van der Waals surface area contributed by atoms with Crippen molar-refractivity contribution in [2.24, 2.45) is 5.92 Å². The van der Waals surface area contributed by atoms with Crippen LogP contribution in [0, 0.1) is 5.92 Å². The quantitative estimate of drug-likeness (QED) is 0.193. The third kappa shape index (κ3) is 6.22. The lowest BCUT2D eigenvalue weighted by Crippen LogP contribution is -2.61. The molecule has 2 aliphatic rings. The second kappa shape index (κ2) is 13.1. The van der Waals surface area contributed by atoms with Crippen molar-refractivity contribution in [1.29, 1.82) is 0 Å². The number of carboxylic acid groups (broad SMARTS) is 1. The van der Waals surface area contributed by atoms with Gasteiger partial charge in [0.1, 0.15) is 31.1 Å². The Hall–Kier alpha value is -5.24. The Balaban J connectivity index is 1.24. The summed E-state index contributed by atoms with van der Waals surface area (Å²) in [7, 11) is 0. The third-order valence-electron chi connectivity index (χ3n) is 8.49. The number of nitrogens with zero attached hydrogens (tertiary/aromatic N) is 5. The molecule has 3 N–H and O–H groups in total. The Kier molecular flexibility index (Phi) is 8.56. The first-order valence-electron chi connectivity index (χ1n) is 15.2. The molecule has 14 heteroatoms. The van der Waals surface area contributed by atoms with E-state index in [0.717, 1.165) is 11.1 Å². The number of likely N-dealkylation sites (tertiary alicyclic amines) is 1. The van der Waals surface area contributed by atoms with Crippen LogP contribution in [0.3, 0.4) is 0 Å². The Morgan fingerprint density at radius 1 is 0.979 bits per heavy atom. The van der Waals surface area contributed by atoms with Gasteiger partial charge in [0.15, 0.2) is 11.2 Å². The molecule has 13 nitrogen and oxygen atoms in total. The number of esters is 1. The summed E-state index contributed by atoms with van der Waals surface area (Å²) < 4.78 is 26.8. The number of anilines is 1. The summed E-state index contributed by atoms with van der Waals surface area (Å²) in [6, 6.07) is 25.3. The minimum atomic E-state index is -1.38. The van der Waals surface area contributed by atoms with Crippen molar-refractivity contribution in [1.82, 2.24) is 24.4 Å². The number of benzene rings is 3. The minimum Gasteiger partial charge on any atom is -0.471 e. The Morgan fingerprint density at radius 3 is 2.42 bits per heavy atom. The lowest BCUT2D eigenvalue weighted by Gasteiger charge is -2.42. The fourth-order valence-corrected chi connectivity index (χ4v) is 6.39. The van der Waals surface area contributed by atoms with Crippen molar-refractivity contribution in [2.75, 3.05) is 25.4 Å². The second-order valence-corrected chi connectivity index (χ2v) is 12.1. The molecular weight excluding hydrogens is 640 g/mol. The van der Waals surface area contributed by atoms with Gasteiger partial charge in [-0.25, -0.2) is 14.6 Å². The van der Waals surface area contributed by atoms with Crippen LogP contribution in [-0.4, -0.2) is 73.0 Å². The van der Waals surface area contributed by atoms with E-state index in [-0.39, 0.29) is 44.7 Å². The zero-order valence-corrected chi connectivity index (χ0v) is 26.3. The summed E-state index contributed by atoms with van der Waals surface area (Å²) in [5, 5.41) is 10.7. The van der Waals surface area contributed by atoms with Crippen LogP contribution in [0.2, 0.25) is 5.02 Å². The summed E-state index contributed by atoms with van der Waals surface area (Å²) in [6.07, 6.45) is -1.15. The highest BCUT2D eigenvalue weighted by Crippen LogP contribution is 2.49. The Labute approximate surface area is 279 Å². The van der Waals surface area contributed by atoms with E-state index >= 15 is 0 Å². The Morgan fingerprint density at radius 2 is 1.69 bits per heavy atom. The molecular formula is C34H31ClN6O7. The van der Waals surface area contributed by atoms with E-state index in [4.69, 9.17) is 36.3 Å². The van der Waals surface area contributed by atoms with Gasteiger partial charge >= 0.3 is 12.1 Å². The number of amides is 1. The van der Waals surface area contributed by atoms with Crippen molar-refractivity contribution in [3.63, 3.8) is 0 Å². The molecule has 5 aromatic rings. The molecule has 246 valence electrons. The number of ether oxygens (including phenoxy) is 4. The molecule has 0 saturated carbocycles. The van der Waals surface area contributed by atoms with Gasteiger partial charge in [-0.2, -0.15) is 9.97 Å². The van der Waals surface area contributed by atoms with Gasteiger partial charge in [0.05, 0.1) is 31.0 Å². The summed E-state index contributed by atoms with van der Waals surface area (Å²) in [6.45, 7) is 0.0755. The third-order valence-corrected chi connectivity index (χ3v) is 8.74. The number of nitrogen functional groups attached to an aromatic ring is 1. The number of fused-ring (bicyclic) bond motifs is 3. The fraction of sp³-hybridized carbons (Fsp3) is 0.265. The zero-order valence-electron chi connectivity index (χ0n) is 25.5. The standard InChI is InChI=1S/C34H31ClN6O7/c35-24-13-11-22(12-14-24)16-45-27-25-15-40(33(43)44)18-34(27,19-47-31(42)23-9-5-2-6-10-23)48-30(25)41-20-37-26-28(41)38-32(36)39-29(26)46-17-21-7-3-1-4-8-21/h1-14,20,25,27,30H,15-19H2,(H,43,44)(H2,36,38,39)/t25-,27+,30-,34-/m1/s1. The van der Waals surface area contributed by atoms with Gasteiger partial charge in [-0.15, -0.1) is 0 Å². The molecule has 1 amide bonds. The van der Waals surface area contributed by atoms with Crippen LogP contribution in [0.25, 0.3) is 11.2 Å². The van der Waals surface area contributed by atoms with Crippen LogP contribution in [0.1, 0.15) is 27.7 Å². The lowest BCUT2D eigenvalue weighted by molar-refractivity contribution is -0.156. The summed E-state index contributed by atoms with van der Waals surface area (Å²) in [5.41, 5.74) is 7.56. The van der Waals surface area contributed by atoms with Crippen molar-refractivity contribution >= 4 is 40.8 Å². The molecule has 3 aromatic carbocycles. The molecule has 2 fully saturated rings. The first-order chi connectivity index (χ1) is 23.3. The smallest absolute Gasteiger partial charge is 0.407 e. The van der Waals surface area contributed by atoms with Gasteiger partial charge in [-0.05, 0) is 35.4 Å². The molecule has 48 heavy (non-hydrogen) atoms. The number of aromatic nitrogens is 4.